The van der Waals surface area contributed by atoms with E-state index in [1.54, 1.807) is 4.90 Å². The maximum absolute atomic E-state index is 11.8. The Morgan fingerprint density at radius 3 is 2.88 bits per heavy atom. The first-order chi connectivity index (χ1) is 7.61. The van der Waals surface area contributed by atoms with Gasteiger partial charge in [0.05, 0.1) is 5.02 Å². The number of halogens is 2. The summed E-state index contributed by atoms with van der Waals surface area (Å²) < 4.78 is 0.995. The van der Waals surface area contributed by atoms with E-state index in [0.717, 1.165) is 9.26 Å². The molecule has 1 amide bonds. The number of benzene rings is 1. The molecule has 2 rings (SSSR count). The van der Waals surface area contributed by atoms with Crippen molar-refractivity contribution in [2.75, 3.05) is 11.4 Å². The molecule has 1 aliphatic rings. The highest BCUT2D eigenvalue weighted by Gasteiger charge is 2.28. The number of amides is 1. The second-order valence-electron chi connectivity index (χ2n) is 3.80. The minimum Gasteiger partial charge on any atom is -0.312 e. The molecule has 1 aromatic rings. The minimum absolute atomic E-state index is 0.141. The third-order valence-electron chi connectivity index (χ3n) is 2.70. The molecule has 0 aromatic heterocycles. The maximum atomic E-state index is 11.8. The lowest BCUT2D eigenvalue weighted by atomic mass is 10.1. The molecule has 0 radical (unpaired) electrons. The third-order valence-corrected chi connectivity index (χ3v) is 4.28. The summed E-state index contributed by atoms with van der Waals surface area (Å²) in [4.78, 5) is 13.5. The van der Waals surface area contributed by atoms with Gasteiger partial charge in [0.25, 0.3) is 0 Å². The fourth-order valence-electron chi connectivity index (χ4n) is 1.80. The Morgan fingerprint density at radius 2 is 2.31 bits per heavy atom. The molecule has 1 atom stereocenters. The second kappa shape index (κ2) is 4.75. The SMILES string of the molecule is C=CC1CC(=O)N(c2ccc(I)c(Cl)c2)C1. The van der Waals surface area contributed by atoms with E-state index < -0.39 is 0 Å². The number of carbonyl (C=O) groups is 1. The summed E-state index contributed by atoms with van der Waals surface area (Å²) in [6.07, 6.45) is 2.39. The van der Waals surface area contributed by atoms with Gasteiger partial charge in [0, 0.05) is 28.1 Å². The van der Waals surface area contributed by atoms with Crippen LogP contribution in [0.2, 0.25) is 5.02 Å². The van der Waals surface area contributed by atoms with Gasteiger partial charge in [0.15, 0.2) is 0 Å². The molecule has 1 heterocycles. The monoisotopic (exact) mass is 347 g/mol. The fourth-order valence-corrected chi connectivity index (χ4v) is 2.31. The number of carbonyl (C=O) groups excluding carboxylic acids is 1. The number of rotatable bonds is 2. The number of anilines is 1. The average molecular weight is 348 g/mol. The van der Waals surface area contributed by atoms with Gasteiger partial charge in [-0.2, -0.15) is 0 Å². The normalized spacial score (nSPS) is 20.2. The van der Waals surface area contributed by atoms with Gasteiger partial charge < -0.3 is 4.90 Å². The van der Waals surface area contributed by atoms with Crippen LogP contribution in [0.4, 0.5) is 5.69 Å². The van der Waals surface area contributed by atoms with Crippen LogP contribution in [-0.4, -0.2) is 12.5 Å². The van der Waals surface area contributed by atoms with E-state index in [4.69, 9.17) is 11.6 Å². The lowest BCUT2D eigenvalue weighted by molar-refractivity contribution is -0.117. The Morgan fingerprint density at radius 1 is 1.56 bits per heavy atom. The summed E-state index contributed by atoms with van der Waals surface area (Å²) in [7, 11) is 0. The van der Waals surface area contributed by atoms with Crippen LogP contribution in [0.15, 0.2) is 30.9 Å². The zero-order chi connectivity index (χ0) is 11.7. The van der Waals surface area contributed by atoms with Gasteiger partial charge in [0.2, 0.25) is 5.91 Å². The fraction of sp³-hybridized carbons (Fsp3) is 0.250. The van der Waals surface area contributed by atoms with Gasteiger partial charge in [-0.05, 0) is 40.8 Å². The topological polar surface area (TPSA) is 20.3 Å². The Bertz CT molecular complexity index is 447. The van der Waals surface area contributed by atoms with Crippen molar-refractivity contribution in [1.82, 2.24) is 0 Å². The molecule has 2 nitrogen and oxygen atoms in total. The highest BCUT2D eigenvalue weighted by molar-refractivity contribution is 14.1. The molecule has 0 aliphatic carbocycles. The zero-order valence-electron chi connectivity index (χ0n) is 8.62. The van der Waals surface area contributed by atoms with E-state index >= 15 is 0 Å². The Kier molecular flexibility index (Phi) is 3.54. The Hall–Kier alpha value is -0.550. The van der Waals surface area contributed by atoms with Crippen molar-refractivity contribution in [2.24, 2.45) is 5.92 Å². The molecule has 0 spiro atoms. The van der Waals surface area contributed by atoms with Gasteiger partial charge in [-0.1, -0.05) is 17.7 Å². The summed E-state index contributed by atoms with van der Waals surface area (Å²) in [6.45, 7) is 4.44. The van der Waals surface area contributed by atoms with Crippen molar-refractivity contribution in [2.45, 2.75) is 6.42 Å². The predicted octanol–water partition coefficient (Wildman–Crippen LogP) is 3.48. The first kappa shape index (κ1) is 11.9. The van der Waals surface area contributed by atoms with Crippen molar-refractivity contribution in [1.29, 1.82) is 0 Å². The van der Waals surface area contributed by atoms with Crippen LogP contribution in [-0.2, 0) is 4.79 Å². The van der Waals surface area contributed by atoms with E-state index in [1.165, 1.54) is 0 Å². The zero-order valence-corrected chi connectivity index (χ0v) is 11.5. The van der Waals surface area contributed by atoms with Crippen LogP contribution in [0.5, 0.6) is 0 Å². The van der Waals surface area contributed by atoms with Crippen LogP contribution in [0.1, 0.15) is 6.42 Å². The molecule has 1 aliphatic heterocycles. The van der Waals surface area contributed by atoms with Gasteiger partial charge in [-0.25, -0.2) is 0 Å². The van der Waals surface area contributed by atoms with E-state index in [2.05, 4.69) is 29.2 Å². The van der Waals surface area contributed by atoms with Crippen LogP contribution in [0.25, 0.3) is 0 Å². The molecule has 16 heavy (non-hydrogen) atoms. The summed E-state index contributed by atoms with van der Waals surface area (Å²) in [5.41, 5.74) is 0.875. The number of hydrogen-bond acceptors (Lipinski definition) is 1. The van der Waals surface area contributed by atoms with Crippen molar-refractivity contribution in [3.05, 3.63) is 39.4 Å². The molecule has 4 heteroatoms. The molecule has 1 saturated heterocycles. The molecule has 1 unspecified atom stereocenters. The Balaban J connectivity index is 2.27. The quantitative estimate of drug-likeness (QED) is 0.592. The van der Waals surface area contributed by atoms with Crippen molar-refractivity contribution < 1.29 is 4.79 Å². The van der Waals surface area contributed by atoms with Crippen LogP contribution < -0.4 is 4.90 Å². The van der Waals surface area contributed by atoms with Gasteiger partial charge in [0.1, 0.15) is 0 Å². The molecule has 0 N–H and O–H groups in total. The molecule has 1 fully saturated rings. The maximum Gasteiger partial charge on any atom is 0.227 e. The number of nitrogens with zero attached hydrogens (tertiary/aromatic N) is 1. The average Bonchev–Trinajstić information content (AvgIpc) is 2.64. The highest BCUT2D eigenvalue weighted by atomic mass is 127. The molecular weight excluding hydrogens is 336 g/mol. The first-order valence-corrected chi connectivity index (χ1v) is 6.45. The van der Waals surface area contributed by atoms with E-state index in [9.17, 15) is 4.79 Å². The predicted molar refractivity (Wildman–Crippen MR) is 74.8 cm³/mol. The Labute approximate surface area is 113 Å². The smallest absolute Gasteiger partial charge is 0.227 e. The van der Waals surface area contributed by atoms with E-state index in [0.29, 0.717) is 18.0 Å². The highest BCUT2D eigenvalue weighted by Crippen LogP contribution is 2.29. The summed E-state index contributed by atoms with van der Waals surface area (Å²) >= 11 is 8.21. The summed E-state index contributed by atoms with van der Waals surface area (Å²) in [5.74, 6) is 0.396. The lowest BCUT2D eigenvalue weighted by Crippen LogP contribution is -2.24. The second-order valence-corrected chi connectivity index (χ2v) is 5.37. The van der Waals surface area contributed by atoms with Crippen molar-refractivity contribution in [3.63, 3.8) is 0 Å². The third kappa shape index (κ3) is 2.25. The van der Waals surface area contributed by atoms with Crippen molar-refractivity contribution in [3.8, 4) is 0 Å². The largest absolute Gasteiger partial charge is 0.312 e. The van der Waals surface area contributed by atoms with Crippen LogP contribution >= 0.6 is 34.2 Å². The standard InChI is InChI=1S/C12H11ClINO/c1-2-8-5-12(16)15(7-8)9-3-4-11(14)10(13)6-9/h2-4,6,8H,1,5,7H2. The molecule has 84 valence electrons. The van der Waals surface area contributed by atoms with Crippen molar-refractivity contribution >= 4 is 45.8 Å². The molecule has 0 bridgehead atoms. The van der Waals surface area contributed by atoms with E-state index in [1.807, 2.05) is 24.3 Å². The molecule has 1 aromatic carbocycles. The van der Waals surface area contributed by atoms with Gasteiger partial charge in [-0.15, -0.1) is 6.58 Å². The van der Waals surface area contributed by atoms with Gasteiger partial charge in [-0.3, -0.25) is 4.79 Å². The molecular formula is C12H11ClINO. The summed E-state index contributed by atoms with van der Waals surface area (Å²) in [6, 6.07) is 5.69. The minimum atomic E-state index is 0.141. The lowest BCUT2D eigenvalue weighted by Gasteiger charge is -2.16. The van der Waals surface area contributed by atoms with Crippen LogP contribution in [0.3, 0.4) is 0 Å². The van der Waals surface area contributed by atoms with Crippen LogP contribution in [0, 0.1) is 9.49 Å². The first-order valence-electron chi connectivity index (χ1n) is 5.00. The molecule has 0 saturated carbocycles. The number of hydrogen-bond donors (Lipinski definition) is 0. The van der Waals surface area contributed by atoms with E-state index in [-0.39, 0.29) is 11.8 Å². The summed E-state index contributed by atoms with van der Waals surface area (Å²) in [5, 5.41) is 0.688. The van der Waals surface area contributed by atoms with Gasteiger partial charge >= 0.3 is 0 Å².